The molecule has 0 saturated heterocycles. The van der Waals surface area contributed by atoms with Crippen LogP contribution >= 0.6 is 23.2 Å². The number of rotatable bonds is 6. The van der Waals surface area contributed by atoms with Gasteiger partial charge in [-0.05, 0) is 24.6 Å². The van der Waals surface area contributed by atoms with Crippen molar-refractivity contribution >= 4 is 29.0 Å². The number of hydrogen-bond donors (Lipinski definition) is 1. The van der Waals surface area contributed by atoms with Crippen LogP contribution in [0.4, 0.5) is 5.82 Å². The van der Waals surface area contributed by atoms with E-state index in [0.717, 1.165) is 18.5 Å². The molecule has 1 heterocycles. The summed E-state index contributed by atoms with van der Waals surface area (Å²) >= 11 is 11.9. The van der Waals surface area contributed by atoms with E-state index in [0.29, 0.717) is 34.8 Å². The van der Waals surface area contributed by atoms with E-state index in [1.165, 1.54) is 0 Å². The van der Waals surface area contributed by atoms with Crippen LogP contribution in [0.25, 0.3) is 0 Å². The molecule has 0 unspecified atom stereocenters. The van der Waals surface area contributed by atoms with Crippen LogP contribution in [-0.4, -0.2) is 21.6 Å². The lowest BCUT2D eigenvalue weighted by molar-refractivity contribution is 0.287. The molecule has 2 rings (SSSR count). The number of nitrogens with zero attached hydrogens (tertiary/aromatic N) is 3. The van der Waals surface area contributed by atoms with Crippen molar-refractivity contribution in [3.8, 4) is 5.75 Å². The van der Waals surface area contributed by atoms with E-state index in [4.69, 9.17) is 33.7 Å². The van der Waals surface area contributed by atoms with Crippen molar-refractivity contribution < 1.29 is 4.74 Å². The summed E-state index contributed by atoms with van der Waals surface area (Å²) in [7, 11) is 0. The lowest BCUT2D eigenvalue weighted by Gasteiger charge is -2.09. The summed E-state index contributed by atoms with van der Waals surface area (Å²) in [6, 6.07) is 5.13. The highest BCUT2D eigenvalue weighted by atomic mass is 35.5. The largest absolute Gasteiger partial charge is 0.490 e. The molecule has 0 fully saturated rings. The Morgan fingerprint density at radius 1 is 1.35 bits per heavy atom. The minimum atomic E-state index is 0.431. The zero-order valence-electron chi connectivity index (χ0n) is 11.1. The Balaban J connectivity index is 1.96. The van der Waals surface area contributed by atoms with Gasteiger partial charge in [-0.25, -0.2) is 4.68 Å². The van der Waals surface area contributed by atoms with Crippen LogP contribution in [0.3, 0.4) is 0 Å². The van der Waals surface area contributed by atoms with Crippen LogP contribution in [0.2, 0.25) is 10.0 Å². The zero-order valence-corrected chi connectivity index (χ0v) is 12.7. The van der Waals surface area contributed by atoms with E-state index in [9.17, 15) is 0 Å². The molecule has 7 heteroatoms. The Labute approximate surface area is 127 Å². The molecule has 1 aromatic carbocycles. The monoisotopic (exact) mass is 314 g/mol. The van der Waals surface area contributed by atoms with Crippen molar-refractivity contribution in [3.63, 3.8) is 0 Å². The number of nitrogen functional groups attached to an aromatic ring is 1. The smallest absolute Gasteiger partial charge is 0.169 e. The Bertz CT molecular complexity index is 586. The van der Waals surface area contributed by atoms with Gasteiger partial charge in [0.1, 0.15) is 12.4 Å². The van der Waals surface area contributed by atoms with Crippen molar-refractivity contribution in [2.75, 3.05) is 12.3 Å². The van der Waals surface area contributed by atoms with Crippen molar-refractivity contribution in [1.29, 1.82) is 0 Å². The van der Waals surface area contributed by atoms with Gasteiger partial charge in [-0.2, -0.15) is 0 Å². The molecule has 1 aromatic heterocycles. The highest BCUT2D eigenvalue weighted by Gasteiger charge is 2.09. The number of anilines is 1. The number of benzene rings is 1. The molecule has 20 heavy (non-hydrogen) atoms. The summed E-state index contributed by atoms with van der Waals surface area (Å²) in [5.74, 6) is 1.08. The number of nitrogens with two attached hydrogens (primary N) is 1. The first-order valence-corrected chi connectivity index (χ1v) is 7.13. The van der Waals surface area contributed by atoms with Crippen LogP contribution in [0.15, 0.2) is 18.2 Å². The summed E-state index contributed by atoms with van der Waals surface area (Å²) in [4.78, 5) is 0. The van der Waals surface area contributed by atoms with Gasteiger partial charge < -0.3 is 10.5 Å². The molecular weight excluding hydrogens is 299 g/mol. The standard InChI is InChI=1S/C13H16Cl2N4O/c1-2-3-11-13(16)17-18-19(11)6-7-20-12-5-4-9(14)8-10(12)15/h4-5,8H,2-3,6-7,16H2,1H3. The molecule has 0 amide bonds. The summed E-state index contributed by atoms with van der Waals surface area (Å²) < 4.78 is 7.38. The quantitative estimate of drug-likeness (QED) is 0.889. The van der Waals surface area contributed by atoms with Gasteiger partial charge in [0.15, 0.2) is 5.82 Å². The predicted octanol–water partition coefficient (Wildman–Crippen LogP) is 3.20. The second kappa shape index (κ2) is 6.81. The maximum atomic E-state index is 6.03. The minimum Gasteiger partial charge on any atom is -0.490 e. The fourth-order valence-electron chi connectivity index (χ4n) is 1.85. The minimum absolute atomic E-state index is 0.431. The highest BCUT2D eigenvalue weighted by Crippen LogP contribution is 2.27. The van der Waals surface area contributed by atoms with Crippen LogP contribution in [0, 0.1) is 0 Å². The molecule has 0 saturated carbocycles. The molecule has 2 aromatic rings. The lowest BCUT2D eigenvalue weighted by atomic mass is 10.2. The number of hydrogen-bond acceptors (Lipinski definition) is 4. The third-order valence-electron chi connectivity index (χ3n) is 2.81. The second-order valence-electron chi connectivity index (χ2n) is 4.32. The fraction of sp³-hybridized carbons (Fsp3) is 0.385. The Hall–Kier alpha value is -1.46. The molecule has 0 atom stereocenters. The van der Waals surface area contributed by atoms with E-state index in [-0.39, 0.29) is 0 Å². The van der Waals surface area contributed by atoms with E-state index in [1.54, 1.807) is 22.9 Å². The molecular formula is C13H16Cl2N4O. The predicted molar refractivity (Wildman–Crippen MR) is 80.4 cm³/mol. The molecule has 0 radical (unpaired) electrons. The molecule has 108 valence electrons. The van der Waals surface area contributed by atoms with E-state index >= 15 is 0 Å². The van der Waals surface area contributed by atoms with Crippen LogP contribution < -0.4 is 10.5 Å². The Morgan fingerprint density at radius 3 is 2.85 bits per heavy atom. The van der Waals surface area contributed by atoms with E-state index in [2.05, 4.69) is 17.2 Å². The average molecular weight is 315 g/mol. The maximum Gasteiger partial charge on any atom is 0.169 e. The zero-order chi connectivity index (χ0) is 14.5. The molecule has 0 spiro atoms. The van der Waals surface area contributed by atoms with Crippen molar-refractivity contribution in [3.05, 3.63) is 33.9 Å². The first kappa shape index (κ1) is 14.9. The van der Waals surface area contributed by atoms with Gasteiger partial charge >= 0.3 is 0 Å². The third-order valence-corrected chi connectivity index (χ3v) is 3.34. The van der Waals surface area contributed by atoms with Crippen molar-refractivity contribution in [2.24, 2.45) is 0 Å². The molecule has 5 nitrogen and oxygen atoms in total. The van der Waals surface area contributed by atoms with E-state index in [1.807, 2.05) is 0 Å². The lowest BCUT2D eigenvalue weighted by Crippen LogP contribution is -2.13. The normalized spacial score (nSPS) is 10.8. The van der Waals surface area contributed by atoms with Crippen molar-refractivity contribution in [1.82, 2.24) is 15.0 Å². The SMILES string of the molecule is CCCc1c(N)nnn1CCOc1ccc(Cl)cc1Cl. The summed E-state index contributed by atoms with van der Waals surface area (Å²) in [6.07, 6.45) is 1.84. The summed E-state index contributed by atoms with van der Waals surface area (Å²) in [5.41, 5.74) is 6.72. The average Bonchev–Trinajstić information content (AvgIpc) is 2.75. The molecule has 0 aliphatic rings. The number of aromatic nitrogens is 3. The van der Waals surface area contributed by atoms with Gasteiger partial charge in [-0.15, -0.1) is 5.10 Å². The second-order valence-corrected chi connectivity index (χ2v) is 5.16. The van der Waals surface area contributed by atoms with Gasteiger partial charge in [-0.1, -0.05) is 41.8 Å². The Morgan fingerprint density at radius 2 is 2.15 bits per heavy atom. The topological polar surface area (TPSA) is 66.0 Å². The third kappa shape index (κ3) is 3.55. The number of halogens is 2. The van der Waals surface area contributed by atoms with E-state index < -0.39 is 0 Å². The highest BCUT2D eigenvalue weighted by molar-refractivity contribution is 6.35. The Kier molecular flexibility index (Phi) is 5.09. The summed E-state index contributed by atoms with van der Waals surface area (Å²) in [6.45, 7) is 3.08. The van der Waals surface area contributed by atoms with Gasteiger partial charge in [0.05, 0.1) is 17.3 Å². The molecule has 2 N–H and O–H groups in total. The molecule has 0 bridgehead atoms. The van der Waals surface area contributed by atoms with Crippen LogP contribution in [0.5, 0.6) is 5.75 Å². The van der Waals surface area contributed by atoms with Crippen LogP contribution in [0.1, 0.15) is 19.0 Å². The molecule has 0 aliphatic heterocycles. The van der Waals surface area contributed by atoms with Gasteiger partial charge in [-0.3, -0.25) is 0 Å². The van der Waals surface area contributed by atoms with Gasteiger partial charge in [0.2, 0.25) is 0 Å². The first-order valence-electron chi connectivity index (χ1n) is 6.37. The summed E-state index contributed by atoms with van der Waals surface area (Å²) in [5, 5.41) is 8.96. The van der Waals surface area contributed by atoms with Gasteiger partial charge in [0.25, 0.3) is 0 Å². The van der Waals surface area contributed by atoms with Gasteiger partial charge in [0, 0.05) is 5.02 Å². The first-order chi connectivity index (χ1) is 9.61. The maximum absolute atomic E-state index is 6.03. The number of ether oxygens (including phenoxy) is 1. The fourth-order valence-corrected chi connectivity index (χ4v) is 2.32. The van der Waals surface area contributed by atoms with Crippen LogP contribution in [-0.2, 0) is 13.0 Å². The van der Waals surface area contributed by atoms with Crippen molar-refractivity contribution in [2.45, 2.75) is 26.3 Å². The molecule has 0 aliphatic carbocycles.